The fourth-order valence-electron chi connectivity index (χ4n) is 2.70. The van der Waals surface area contributed by atoms with Gasteiger partial charge in [-0.15, -0.1) is 4.40 Å². The molecule has 136 valence electrons. The van der Waals surface area contributed by atoms with Gasteiger partial charge in [0.2, 0.25) is 0 Å². The second-order valence-electron chi connectivity index (χ2n) is 5.98. The van der Waals surface area contributed by atoms with Crippen molar-refractivity contribution in [3.05, 3.63) is 89.7 Å². The molecule has 3 aromatic carbocycles. The standard InChI is InChI=1S/C20H15FN2O3S/c21-16-9-5-14(6-10-16)13-26-17-11-7-15(8-12-17)20-22-18-3-1-2-4-19(18)27(24,25)23-20/h1-12H,13H2,(H,22,23). The molecule has 1 N–H and O–H groups in total. The van der Waals surface area contributed by atoms with Crippen LogP contribution in [0.3, 0.4) is 0 Å². The van der Waals surface area contributed by atoms with Crippen LogP contribution >= 0.6 is 0 Å². The van der Waals surface area contributed by atoms with E-state index in [1.807, 2.05) is 0 Å². The van der Waals surface area contributed by atoms with Crippen LogP contribution in [0.25, 0.3) is 0 Å². The molecule has 0 unspecified atom stereocenters. The van der Waals surface area contributed by atoms with E-state index in [-0.39, 0.29) is 16.5 Å². The Labute approximate surface area is 156 Å². The Morgan fingerprint density at radius 1 is 0.926 bits per heavy atom. The molecule has 1 heterocycles. The Hall–Kier alpha value is -3.19. The van der Waals surface area contributed by atoms with Gasteiger partial charge in [-0.05, 0) is 54.1 Å². The molecule has 0 bridgehead atoms. The van der Waals surface area contributed by atoms with Crippen LogP contribution in [0.4, 0.5) is 10.1 Å². The minimum absolute atomic E-state index is 0.160. The number of anilines is 1. The maximum atomic E-state index is 12.9. The number of halogens is 1. The summed E-state index contributed by atoms with van der Waals surface area (Å²) in [6, 6.07) is 19.6. The number of nitrogens with zero attached hydrogens (tertiary/aromatic N) is 1. The van der Waals surface area contributed by atoms with Gasteiger partial charge in [-0.2, -0.15) is 8.42 Å². The summed E-state index contributed by atoms with van der Waals surface area (Å²) in [6.45, 7) is 0.306. The van der Waals surface area contributed by atoms with Gasteiger partial charge in [0, 0.05) is 5.56 Å². The SMILES string of the molecule is O=S1(=O)N=C(c2ccc(OCc3ccc(F)cc3)cc2)Nc2ccccc21. The summed E-state index contributed by atoms with van der Waals surface area (Å²) < 4.78 is 47.1. The van der Waals surface area contributed by atoms with E-state index in [4.69, 9.17) is 4.74 Å². The van der Waals surface area contributed by atoms with E-state index in [1.165, 1.54) is 18.2 Å². The smallest absolute Gasteiger partial charge is 0.286 e. The van der Waals surface area contributed by atoms with Crippen LogP contribution in [-0.2, 0) is 16.6 Å². The molecule has 1 aliphatic rings. The third-order valence-electron chi connectivity index (χ3n) is 4.08. The molecule has 0 aromatic heterocycles. The normalized spacial score (nSPS) is 14.6. The number of hydrogen-bond donors (Lipinski definition) is 1. The van der Waals surface area contributed by atoms with Gasteiger partial charge in [0.25, 0.3) is 10.0 Å². The highest BCUT2D eigenvalue weighted by atomic mass is 32.2. The summed E-state index contributed by atoms with van der Waals surface area (Å²) in [5.41, 5.74) is 1.97. The van der Waals surface area contributed by atoms with Gasteiger partial charge in [-0.3, -0.25) is 0 Å². The lowest BCUT2D eigenvalue weighted by atomic mass is 10.2. The molecule has 5 nitrogen and oxygen atoms in total. The highest BCUT2D eigenvalue weighted by Crippen LogP contribution is 2.28. The zero-order valence-electron chi connectivity index (χ0n) is 14.1. The number of para-hydroxylation sites is 1. The van der Waals surface area contributed by atoms with E-state index in [0.717, 1.165) is 5.56 Å². The van der Waals surface area contributed by atoms with Crippen molar-refractivity contribution in [2.75, 3.05) is 5.32 Å². The molecule has 0 aliphatic carbocycles. The monoisotopic (exact) mass is 382 g/mol. The lowest BCUT2D eigenvalue weighted by molar-refractivity contribution is 0.306. The summed E-state index contributed by atoms with van der Waals surface area (Å²) >= 11 is 0. The lowest BCUT2D eigenvalue weighted by Gasteiger charge is -2.18. The largest absolute Gasteiger partial charge is 0.489 e. The second-order valence-corrected chi connectivity index (χ2v) is 7.55. The van der Waals surface area contributed by atoms with E-state index in [0.29, 0.717) is 23.6 Å². The predicted octanol–water partition coefficient (Wildman–Crippen LogP) is 3.97. The number of nitrogens with one attached hydrogen (secondary N) is 1. The van der Waals surface area contributed by atoms with Crippen LogP contribution in [0.1, 0.15) is 11.1 Å². The molecule has 0 atom stereocenters. The first-order chi connectivity index (χ1) is 13.0. The van der Waals surface area contributed by atoms with E-state index in [2.05, 4.69) is 9.71 Å². The first-order valence-electron chi connectivity index (χ1n) is 8.20. The van der Waals surface area contributed by atoms with Crippen molar-refractivity contribution in [2.24, 2.45) is 4.40 Å². The van der Waals surface area contributed by atoms with Crippen LogP contribution in [0.2, 0.25) is 0 Å². The molecular formula is C20H15FN2O3S. The lowest BCUT2D eigenvalue weighted by Crippen LogP contribution is -2.22. The van der Waals surface area contributed by atoms with Crippen LogP contribution in [0.15, 0.2) is 82.1 Å². The van der Waals surface area contributed by atoms with Crippen molar-refractivity contribution in [1.82, 2.24) is 0 Å². The average molecular weight is 382 g/mol. The highest BCUT2D eigenvalue weighted by Gasteiger charge is 2.24. The summed E-state index contributed by atoms with van der Waals surface area (Å²) in [7, 11) is -3.74. The van der Waals surface area contributed by atoms with E-state index in [9.17, 15) is 12.8 Å². The molecule has 0 saturated heterocycles. The molecule has 4 rings (SSSR count). The van der Waals surface area contributed by atoms with Crippen molar-refractivity contribution in [2.45, 2.75) is 11.5 Å². The zero-order valence-corrected chi connectivity index (χ0v) is 14.9. The molecule has 0 fully saturated rings. The van der Waals surface area contributed by atoms with Crippen LogP contribution in [-0.4, -0.2) is 14.3 Å². The molecule has 0 saturated carbocycles. The molecule has 7 heteroatoms. The third-order valence-corrected chi connectivity index (χ3v) is 5.41. The molecule has 3 aromatic rings. The van der Waals surface area contributed by atoms with Crippen molar-refractivity contribution in [1.29, 1.82) is 0 Å². The van der Waals surface area contributed by atoms with Gasteiger partial charge >= 0.3 is 0 Å². The number of rotatable bonds is 4. The molecule has 0 radical (unpaired) electrons. The number of ether oxygens (including phenoxy) is 1. The average Bonchev–Trinajstić information content (AvgIpc) is 2.67. The van der Waals surface area contributed by atoms with Crippen molar-refractivity contribution < 1.29 is 17.5 Å². The Balaban J connectivity index is 1.51. The highest BCUT2D eigenvalue weighted by molar-refractivity contribution is 7.90. The Bertz CT molecular complexity index is 1110. The number of sulfonamides is 1. The Morgan fingerprint density at radius 2 is 1.63 bits per heavy atom. The first-order valence-corrected chi connectivity index (χ1v) is 9.64. The van der Waals surface area contributed by atoms with Gasteiger partial charge in [0.05, 0.1) is 5.69 Å². The number of fused-ring (bicyclic) bond motifs is 1. The number of benzene rings is 3. The molecule has 0 spiro atoms. The van der Waals surface area contributed by atoms with Crippen molar-refractivity contribution in [3.8, 4) is 5.75 Å². The van der Waals surface area contributed by atoms with E-state index < -0.39 is 10.0 Å². The first kappa shape index (κ1) is 17.2. The summed E-state index contributed by atoms with van der Waals surface area (Å²) in [5, 5.41) is 3.05. The molecule has 1 aliphatic heterocycles. The fourth-order valence-corrected chi connectivity index (χ4v) is 3.83. The minimum Gasteiger partial charge on any atom is -0.489 e. The van der Waals surface area contributed by atoms with Gasteiger partial charge in [0.15, 0.2) is 5.84 Å². The van der Waals surface area contributed by atoms with Gasteiger partial charge in [-0.25, -0.2) is 4.39 Å². The summed E-state index contributed by atoms with van der Waals surface area (Å²) in [4.78, 5) is 0.160. The van der Waals surface area contributed by atoms with Crippen LogP contribution < -0.4 is 10.1 Å². The molecule has 0 amide bonds. The van der Waals surface area contributed by atoms with Gasteiger partial charge in [0.1, 0.15) is 23.1 Å². The minimum atomic E-state index is -3.74. The fraction of sp³-hybridized carbons (Fsp3) is 0.0500. The van der Waals surface area contributed by atoms with Crippen LogP contribution in [0, 0.1) is 5.82 Å². The predicted molar refractivity (Wildman–Crippen MR) is 101 cm³/mol. The van der Waals surface area contributed by atoms with E-state index >= 15 is 0 Å². The van der Waals surface area contributed by atoms with Crippen molar-refractivity contribution in [3.63, 3.8) is 0 Å². The Kier molecular flexibility index (Phi) is 4.37. The molecular weight excluding hydrogens is 367 g/mol. The maximum absolute atomic E-state index is 12.9. The van der Waals surface area contributed by atoms with E-state index in [1.54, 1.807) is 54.6 Å². The topological polar surface area (TPSA) is 67.8 Å². The summed E-state index contributed by atoms with van der Waals surface area (Å²) in [5.74, 6) is 0.585. The van der Waals surface area contributed by atoms with Gasteiger partial charge < -0.3 is 10.1 Å². The number of amidine groups is 1. The second kappa shape index (κ2) is 6.85. The molecule has 27 heavy (non-hydrogen) atoms. The number of hydrogen-bond acceptors (Lipinski definition) is 4. The third kappa shape index (κ3) is 3.68. The van der Waals surface area contributed by atoms with Gasteiger partial charge in [-0.1, -0.05) is 24.3 Å². The maximum Gasteiger partial charge on any atom is 0.286 e. The van der Waals surface area contributed by atoms with Crippen molar-refractivity contribution >= 4 is 21.5 Å². The Morgan fingerprint density at radius 3 is 2.37 bits per heavy atom. The quantitative estimate of drug-likeness (QED) is 0.742. The van der Waals surface area contributed by atoms with Crippen LogP contribution in [0.5, 0.6) is 5.75 Å². The zero-order chi connectivity index (χ0) is 18.9. The summed E-state index contributed by atoms with van der Waals surface area (Å²) in [6.07, 6.45) is 0.